The third-order valence-corrected chi connectivity index (χ3v) is 5.05. The van der Waals surface area contributed by atoms with Gasteiger partial charge in [-0.1, -0.05) is 26.7 Å². The van der Waals surface area contributed by atoms with Gasteiger partial charge < -0.3 is 15.3 Å². The van der Waals surface area contributed by atoms with E-state index in [1.165, 1.54) is 19.3 Å². The summed E-state index contributed by atoms with van der Waals surface area (Å²) in [6, 6.07) is -0.0997. The Kier molecular flexibility index (Phi) is 4.25. The maximum atomic E-state index is 12.2. The van der Waals surface area contributed by atoms with Crippen molar-refractivity contribution in [3.8, 4) is 0 Å². The van der Waals surface area contributed by atoms with Gasteiger partial charge in [0.1, 0.15) is 0 Å². The molecule has 20 heavy (non-hydrogen) atoms. The monoisotopic (exact) mass is 282 g/mol. The minimum Gasteiger partial charge on any atom is -0.481 e. The SMILES string of the molecule is CCCC1(C(=O)O)CCN(C(=O)NCC2(C)CCC2)C1. The molecule has 0 aromatic carbocycles. The Balaban J connectivity index is 1.87. The summed E-state index contributed by atoms with van der Waals surface area (Å²) < 4.78 is 0. The molecule has 1 unspecified atom stereocenters. The molecule has 1 heterocycles. The van der Waals surface area contributed by atoms with Gasteiger partial charge in [0.25, 0.3) is 0 Å². The molecule has 2 rings (SSSR count). The minimum absolute atomic E-state index is 0.0997. The van der Waals surface area contributed by atoms with Gasteiger partial charge in [-0.05, 0) is 31.1 Å². The van der Waals surface area contributed by atoms with Crippen molar-refractivity contribution in [3.05, 3.63) is 0 Å². The van der Waals surface area contributed by atoms with E-state index >= 15 is 0 Å². The maximum absolute atomic E-state index is 12.2. The molecule has 1 saturated carbocycles. The van der Waals surface area contributed by atoms with E-state index in [0.29, 0.717) is 32.5 Å². The van der Waals surface area contributed by atoms with E-state index in [1.54, 1.807) is 4.90 Å². The van der Waals surface area contributed by atoms with Gasteiger partial charge in [-0.15, -0.1) is 0 Å². The van der Waals surface area contributed by atoms with Gasteiger partial charge in [-0.2, -0.15) is 0 Å². The molecular formula is C15H26N2O3. The first-order chi connectivity index (χ1) is 9.41. The number of aliphatic carboxylic acids is 1. The van der Waals surface area contributed by atoms with E-state index in [1.807, 2.05) is 6.92 Å². The summed E-state index contributed by atoms with van der Waals surface area (Å²) in [5.41, 5.74) is -0.477. The highest BCUT2D eigenvalue weighted by Gasteiger charge is 2.45. The van der Waals surface area contributed by atoms with E-state index in [0.717, 1.165) is 6.42 Å². The summed E-state index contributed by atoms with van der Waals surface area (Å²) in [5, 5.41) is 12.4. The van der Waals surface area contributed by atoms with Gasteiger partial charge in [-0.25, -0.2) is 4.79 Å². The van der Waals surface area contributed by atoms with Crippen LogP contribution in [0.15, 0.2) is 0 Å². The van der Waals surface area contributed by atoms with Crippen molar-refractivity contribution in [1.82, 2.24) is 10.2 Å². The Hall–Kier alpha value is -1.26. The lowest BCUT2D eigenvalue weighted by Crippen LogP contribution is -2.46. The zero-order chi connectivity index (χ0) is 14.8. The second-order valence-corrected chi connectivity index (χ2v) is 6.83. The number of nitrogens with one attached hydrogen (secondary N) is 1. The second-order valence-electron chi connectivity index (χ2n) is 6.83. The number of amides is 2. The Bertz CT molecular complexity index is 393. The lowest BCUT2D eigenvalue weighted by molar-refractivity contribution is -0.148. The van der Waals surface area contributed by atoms with Gasteiger partial charge in [0.05, 0.1) is 5.41 Å². The molecule has 114 valence electrons. The van der Waals surface area contributed by atoms with Gasteiger partial charge in [0, 0.05) is 19.6 Å². The number of carbonyl (C=O) groups is 2. The van der Waals surface area contributed by atoms with Gasteiger partial charge in [-0.3, -0.25) is 4.79 Å². The van der Waals surface area contributed by atoms with Gasteiger partial charge in [0.15, 0.2) is 0 Å². The van der Waals surface area contributed by atoms with Crippen molar-refractivity contribution in [2.45, 2.75) is 52.4 Å². The molecule has 5 heteroatoms. The molecule has 2 aliphatic rings. The Morgan fingerprint density at radius 3 is 2.50 bits per heavy atom. The molecule has 0 aromatic rings. The van der Waals surface area contributed by atoms with Crippen LogP contribution in [0.5, 0.6) is 0 Å². The van der Waals surface area contributed by atoms with Crippen molar-refractivity contribution in [3.63, 3.8) is 0 Å². The summed E-state index contributed by atoms with van der Waals surface area (Å²) in [5.74, 6) is -0.763. The van der Waals surface area contributed by atoms with Gasteiger partial charge in [0.2, 0.25) is 0 Å². The number of urea groups is 1. The number of carboxylic acids is 1. The summed E-state index contributed by atoms with van der Waals surface area (Å²) in [4.78, 5) is 25.3. The molecule has 2 fully saturated rings. The van der Waals surface area contributed by atoms with Crippen LogP contribution in [0.25, 0.3) is 0 Å². The van der Waals surface area contributed by atoms with Crippen LogP contribution in [-0.4, -0.2) is 41.6 Å². The van der Waals surface area contributed by atoms with Crippen LogP contribution in [0.1, 0.15) is 52.4 Å². The zero-order valence-corrected chi connectivity index (χ0v) is 12.6. The predicted molar refractivity (Wildman–Crippen MR) is 76.5 cm³/mol. The fraction of sp³-hybridized carbons (Fsp3) is 0.867. The number of carbonyl (C=O) groups excluding carboxylic acids is 1. The smallest absolute Gasteiger partial charge is 0.317 e. The van der Waals surface area contributed by atoms with Crippen LogP contribution in [-0.2, 0) is 4.79 Å². The zero-order valence-electron chi connectivity index (χ0n) is 12.6. The van der Waals surface area contributed by atoms with Crippen LogP contribution in [0.3, 0.4) is 0 Å². The standard InChI is InChI=1S/C15H26N2O3/c1-3-5-15(12(18)19)8-9-17(11-15)13(20)16-10-14(2)6-4-7-14/h3-11H2,1-2H3,(H,16,20)(H,18,19). The lowest BCUT2D eigenvalue weighted by atomic mass is 9.70. The summed E-state index contributed by atoms with van der Waals surface area (Å²) in [7, 11) is 0. The summed E-state index contributed by atoms with van der Waals surface area (Å²) in [6.45, 7) is 5.79. The molecular weight excluding hydrogens is 256 g/mol. The molecule has 1 aliphatic carbocycles. The van der Waals surface area contributed by atoms with Crippen molar-refractivity contribution in [2.75, 3.05) is 19.6 Å². The summed E-state index contributed by atoms with van der Waals surface area (Å²) >= 11 is 0. The number of hydrogen-bond donors (Lipinski definition) is 2. The Labute approximate surface area is 120 Å². The molecule has 1 aliphatic heterocycles. The van der Waals surface area contributed by atoms with Crippen molar-refractivity contribution in [1.29, 1.82) is 0 Å². The van der Waals surface area contributed by atoms with Crippen LogP contribution in [0.2, 0.25) is 0 Å². The molecule has 5 nitrogen and oxygen atoms in total. The van der Waals surface area contributed by atoms with E-state index in [4.69, 9.17) is 0 Å². The van der Waals surface area contributed by atoms with Crippen LogP contribution in [0, 0.1) is 10.8 Å². The number of rotatable bonds is 5. The van der Waals surface area contributed by atoms with E-state index in [-0.39, 0.29) is 11.4 Å². The first kappa shape index (κ1) is 15.1. The average molecular weight is 282 g/mol. The largest absolute Gasteiger partial charge is 0.481 e. The van der Waals surface area contributed by atoms with E-state index in [9.17, 15) is 14.7 Å². The first-order valence-electron chi connectivity index (χ1n) is 7.67. The number of hydrogen-bond acceptors (Lipinski definition) is 2. The van der Waals surface area contributed by atoms with Crippen molar-refractivity contribution >= 4 is 12.0 Å². The van der Waals surface area contributed by atoms with Gasteiger partial charge >= 0.3 is 12.0 Å². The highest BCUT2D eigenvalue weighted by molar-refractivity contribution is 5.79. The van der Waals surface area contributed by atoms with Crippen LogP contribution >= 0.6 is 0 Å². The highest BCUT2D eigenvalue weighted by Crippen LogP contribution is 2.40. The van der Waals surface area contributed by atoms with Crippen LogP contribution in [0.4, 0.5) is 4.79 Å². The molecule has 0 radical (unpaired) electrons. The molecule has 2 amide bonds. The number of nitrogens with zero attached hydrogens (tertiary/aromatic N) is 1. The lowest BCUT2D eigenvalue weighted by Gasteiger charge is -2.38. The predicted octanol–water partition coefficient (Wildman–Crippen LogP) is 2.46. The topological polar surface area (TPSA) is 69.6 Å². The normalized spacial score (nSPS) is 28.0. The fourth-order valence-electron chi connectivity index (χ4n) is 3.37. The second kappa shape index (κ2) is 5.62. The first-order valence-corrected chi connectivity index (χ1v) is 7.67. The number of carboxylic acid groups (broad SMARTS) is 1. The third-order valence-electron chi connectivity index (χ3n) is 5.05. The quantitative estimate of drug-likeness (QED) is 0.814. The fourth-order valence-corrected chi connectivity index (χ4v) is 3.37. The van der Waals surface area contributed by atoms with Crippen molar-refractivity contribution in [2.24, 2.45) is 10.8 Å². The Morgan fingerprint density at radius 2 is 2.00 bits per heavy atom. The van der Waals surface area contributed by atoms with Crippen molar-refractivity contribution < 1.29 is 14.7 Å². The summed E-state index contributed by atoms with van der Waals surface area (Å²) in [6.07, 6.45) is 5.63. The van der Waals surface area contributed by atoms with E-state index < -0.39 is 11.4 Å². The molecule has 0 spiro atoms. The molecule has 1 atom stereocenters. The molecule has 0 aromatic heterocycles. The minimum atomic E-state index is -0.763. The van der Waals surface area contributed by atoms with Crippen LogP contribution < -0.4 is 5.32 Å². The highest BCUT2D eigenvalue weighted by atomic mass is 16.4. The average Bonchev–Trinajstić information content (AvgIpc) is 2.80. The number of likely N-dealkylation sites (tertiary alicyclic amines) is 1. The van der Waals surface area contributed by atoms with E-state index in [2.05, 4.69) is 12.2 Å². The Morgan fingerprint density at radius 1 is 1.30 bits per heavy atom. The molecule has 2 N–H and O–H groups in total. The maximum Gasteiger partial charge on any atom is 0.317 e. The molecule has 0 bridgehead atoms. The molecule has 1 saturated heterocycles. The third kappa shape index (κ3) is 2.91.